The largest absolute Gasteiger partial charge is 0.618 e. The lowest BCUT2D eigenvalue weighted by atomic mass is 10.2. The minimum absolute atomic E-state index is 0.489. The fraction of sp³-hybridized carbons (Fsp3) is 0. The van der Waals surface area contributed by atoms with E-state index in [4.69, 9.17) is 11.6 Å². The zero-order chi connectivity index (χ0) is 8.55. The summed E-state index contributed by atoms with van der Waals surface area (Å²) in [6, 6.07) is 8.94. The van der Waals surface area contributed by atoms with Gasteiger partial charge in [0.1, 0.15) is 5.02 Å². The van der Waals surface area contributed by atoms with Crippen LogP contribution in [0.15, 0.2) is 36.5 Å². The molecule has 0 N–H and O–H groups in total. The topological polar surface area (TPSA) is 26.9 Å². The predicted molar refractivity (Wildman–Crippen MR) is 47.9 cm³/mol. The molecule has 60 valence electrons. The van der Waals surface area contributed by atoms with Crippen LogP contribution in [0, 0.1) is 5.21 Å². The fourth-order valence-corrected chi connectivity index (χ4v) is 1.46. The van der Waals surface area contributed by atoms with Crippen LogP contribution in [0.4, 0.5) is 0 Å². The third-order valence-electron chi connectivity index (χ3n) is 1.74. The number of halogens is 1. The lowest BCUT2D eigenvalue weighted by Gasteiger charge is -2.00. The molecule has 0 fully saturated rings. The molecule has 12 heavy (non-hydrogen) atoms. The smallest absolute Gasteiger partial charge is 0.242 e. The van der Waals surface area contributed by atoms with Crippen LogP contribution >= 0.6 is 11.6 Å². The highest BCUT2D eigenvalue weighted by atomic mass is 35.5. The first-order chi connectivity index (χ1) is 5.79. The molecule has 0 bridgehead atoms. The van der Waals surface area contributed by atoms with E-state index in [0.29, 0.717) is 10.5 Å². The second kappa shape index (κ2) is 2.64. The molecule has 2 rings (SSSR count). The van der Waals surface area contributed by atoms with E-state index in [-0.39, 0.29) is 0 Å². The number of pyridine rings is 1. The van der Waals surface area contributed by atoms with Gasteiger partial charge in [-0.15, -0.1) is 0 Å². The van der Waals surface area contributed by atoms with Crippen LogP contribution in [0.25, 0.3) is 10.9 Å². The molecule has 0 spiro atoms. The summed E-state index contributed by atoms with van der Waals surface area (Å²) in [5.41, 5.74) is 0.529. The lowest BCUT2D eigenvalue weighted by molar-refractivity contribution is -0.576. The summed E-state index contributed by atoms with van der Waals surface area (Å²) >= 11 is 5.84. The summed E-state index contributed by atoms with van der Waals surface area (Å²) in [5.74, 6) is 0. The van der Waals surface area contributed by atoms with Crippen molar-refractivity contribution in [3.63, 3.8) is 0 Å². The summed E-state index contributed by atoms with van der Waals surface area (Å²) in [4.78, 5) is 0. The van der Waals surface area contributed by atoms with Crippen LogP contribution in [0.1, 0.15) is 0 Å². The van der Waals surface area contributed by atoms with Gasteiger partial charge in [0.2, 0.25) is 5.52 Å². The van der Waals surface area contributed by atoms with Crippen molar-refractivity contribution < 1.29 is 4.73 Å². The molecule has 0 aliphatic rings. The second-order valence-corrected chi connectivity index (χ2v) is 2.92. The molecule has 0 saturated heterocycles. The molecule has 2 aromatic rings. The molecule has 0 atom stereocenters. The minimum Gasteiger partial charge on any atom is -0.618 e. The first-order valence-electron chi connectivity index (χ1n) is 3.55. The van der Waals surface area contributed by atoms with Crippen LogP contribution in [0.5, 0.6) is 0 Å². The molecule has 1 aromatic heterocycles. The zero-order valence-electron chi connectivity index (χ0n) is 6.20. The zero-order valence-corrected chi connectivity index (χ0v) is 6.95. The minimum atomic E-state index is 0.489. The maximum Gasteiger partial charge on any atom is 0.242 e. The predicted octanol–water partition coefficient (Wildman–Crippen LogP) is 2.13. The molecular formula is C9H6ClNO. The maximum absolute atomic E-state index is 11.2. The summed E-state index contributed by atoms with van der Waals surface area (Å²) < 4.78 is 0.775. The van der Waals surface area contributed by atoms with Gasteiger partial charge in [-0.1, -0.05) is 17.7 Å². The SMILES string of the molecule is [O-][n+]1cccc2cccc(Cl)c21. The summed E-state index contributed by atoms with van der Waals surface area (Å²) in [7, 11) is 0. The first-order valence-corrected chi connectivity index (χ1v) is 3.93. The Morgan fingerprint density at radius 3 is 2.67 bits per heavy atom. The van der Waals surface area contributed by atoms with E-state index in [1.54, 1.807) is 12.1 Å². The summed E-state index contributed by atoms with van der Waals surface area (Å²) in [6.45, 7) is 0. The maximum atomic E-state index is 11.2. The number of rotatable bonds is 0. The standard InChI is InChI=1S/C9H6ClNO/c10-8-5-1-3-7-4-2-6-11(12)9(7)8/h1-6H. The van der Waals surface area contributed by atoms with Crippen molar-refractivity contribution in [1.29, 1.82) is 0 Å². The van der Waals surface area contributed by atoms with Crippen LogP contribution in [-0.4, -0.2) is 0 Å². The second-order valence-electron chi connectivity index (χ2n) is 2.51. The molecule has 2 nitrogen and oxygen atoms in total. The number of para-hydroxylation sites is 1. The quantitative estimate of drug-likeness (QED) is 0.450. The lowest BCUT2D eigenvalue weighted by Crippen LogP contribution is -2.25. The van der Waals surface area contributed by atoms with Gasteiger partial charge < -0.3 is 5.21 Å². The number of fused-ring (bicyclic) bond motifs is 1. The summed E-state index contributed by atoms with van der Waals surface area (Å²) in [6.07, 6.45) is 1.44. The van der Waals surface area contributed by atoms with Crippen LogP contribution in [0.3, 0.4) is 0 Å². The van der Waals surface area contributed by atoms with Crippen molar-refractivity contribution in [2.24, 2.45) is 0 Å². The molecule has 0 aliphatic carbocycles. The molecule has 0 aliphatic heterocycles. The van der Waals surface area contributed by atoms with Gasteiger partial charge in [0.15, 0.2) is 6.20 Å². The average Bonchev–Trinajstić information content (AvgIpc) is 2.04. The van der Waals surface area contributed by atoms with Crippen molar-refractivity contribution in [2.45, 2.75) is 0 Å². The highest BCUT2D eigenvalue weighted by Gasteiger charge is 2.05. The van der Waals surface area contributed by atoms with E-state index in [1.165, 1.54) is 6.20 Å². The first kappa shape index (κ1) is 7.37. The Kier molecular flexibility index (Phi) is 1.62. The number of aromatic nitrogens is 1. The van der Waals surface area contributed by atoms with Gasteiger partial charge in [-0.2, -0.15) is 4.73 Å². The van der Waals surface area contributed by atoms with E-state index in [0.717, 1.165) is 10.1 Å². The van der Waals surface area contributed by atoms with Crippen LogP contribution < -0.4 is 4.73 Å². The van der Waals surface area contributed by atoms with Gasteiger partial charge in [-0.05, 0) is 18.2 Å². The van der Waals surface area contributed by atoms with Gasteiger partial charge in [0.05, 0.1) is 0 Å². The Bertz CT molecular complexity index is 391. The number of nitrogens with zero attached hydrogens (tertiary/aromatic N) is 1. The normalized spacial score (nSPS) is 10.4. The third kappa shape index (κ3) is 1.01. The van der Waals surface area contributed by atoms with Gasteiger partial charge >= 0.3 is 0 Å². The van der Waals surface area contributed by atoms with Crippen molar-refractivity contribution in [2.75, 3.05) is 0 Å². The Balaban J connectivity index is 2.96. The highest BCUT2D eigenvalue weighted by molar-refractivity contribution is 6.34. The monoisotopic (exact) mass is 179 g/mol. The highest BCUT2D eigenvalue weighted by Crippen LogP contribution is 2.18. The van der Waals surface area contributed by atoms with Crippen molar-refractivity contribution in [1.82, 2.24) is 0 Å². The van der Waals surface area contributed by atoms with Crippen LogP contribution in [0.2, 0.25) is 5.02 Å². The fourth-order valence-electron chi connectivity index (χ4n) is 1.20. The Morgan fingerprint density at radius 1 is 1.17 bits per heavy atom. The molecule has 1 aromatic carbocycles. The number of hydrogen-bond donors (Lipinski definition) is 0. The van der Waals surface area contributed by atoms with Gasteiger partial charge in [-0.3, -0.25) is 0 Å². The third-order valence-corrected chi connectivity index (χ3v) is 2.04. The molecule has 0 radical (unpaired) electrons. The van der Waals surface area contributed by atoms with Crippen molar-refractivity contribution >= 4 is 22.5 Å². The number of benzene rings is 1. The molecule has 0 unspecified atom stereocenters. The Hall–Kier alpha value is -1.28. The van der Waals surface area contributed by atoms with Gasteiger partial charge in [0.25, 0.3) is 0 Å². The average molecular weight is 180 g/mol. The van der Waals surface area contributed by atoms with Gasteiger partial charge in [0, 0.05) is 11.5 Å². The molecule has 3 heteroatoms. The Labute approximate surface area is 74.6 Å². The van der Waals surface area contributed by atoms with E-state index < -0.39 is 0 Å². The molecular weight excluding hydrogens is 174 g/mol. The molecule has 0 amide bonds. The molecule has 1 heterocycles. The van der Waals surface area contributed by atoms with Gasteiger partial charge in [-0.25, -0.2) is 0 Å². The van der Waals surface area contributed by atoms with E-state index in [1.807, 2.05) is 18.2 Å². The van der Waals surface area contributed by atoms with E-state index >= 15 is 0 Å². The van der Waals surface area contributed by atoms with Crippen LogP contribution in [-0.2, 0) is 0 Å². The van der Waals surface area contributed by atoms with E-state index in [2.05, 4.69) is 0 Å². The number of hydrogen-bond acceptors (Lipinski definition) is 1. The summed E-state index contributed by atoms with van der Waals surface area (Å²) in [5, 5.41) is 12.6. The Morgan fingerprint density at radius 2 is 1.92 bits per heavy atom. The van der Waals surface area contributed by atoms with Crippen molar-refractivity contribution in [3.8, 4) is 0 Å². The van der Waals surface area contributed by atoms with Crippen molar-refractivity contribution in [3.05, 3.63) is 46.8 Å². The van der Waals surface area contributed by atoms with E-state index in [9.17, 15) is 5.21 Å². The molecule has 0 saturated carbocycles.